The predicted octanol–water partition coefficient (Wildman–Crippen LogP) is 3.96. The standard InChI is InChI=1S/C20H19NO3/c1-13(18-11-14-7-3-5-9-16(14)23-18)21(2)20(22)19-12-15-8-4-6-10-17(15)24-19/h3-11,13,19H,12H2,1-2H3/t13-,19+/m0/s1. The molecule has 2 heterocycles. The number of benzene rings is 2. The van der Waals surface area contributed by atoms with Gasteiger partial charge >= 0.3 is 0 Å². The Balaban J connectivity index is 1.52. The van der Waals surface area contributed by atoms with Crippen molar-refractivity contribution in [1.82, 2.24) is 4.90 Å². The van der Waals surface area contributed by atoms with Crippen molar-refractivity contribution in [3.8, 4) is 5.75 Å². The van der Waals surface area contributed by atoms with E-state index in [1.165, 1.54) is 0 Å². The maximum absolute atomic E-state index is 12.8. The van der Waals surface area contributed by atoms with Gasteiger partial charge in [0.15, 0.2) is 6.10 Å². The molecule has 1 amide bonds. The average Bonchev–Trinajstić information content (AvgIpc) is 3.23. The van der Waals surface area contributed by atoms with E-state index >= 15 is 0 Å². The van der Waals surface area contributed by atoms with Crippen molar-refractivity contribution >= 4 is 16.9 Å². The van der Waals surface area contributed by atoms with Gasteiger partial charge in [0, 0.05) is 18.9 Å². The summed E-state index contributed by atoms with van der Waals surface area (Å²) in [6, 6.07) is 17.5. The van der Waals surface area contributed by atoms with Crippen molar-refractivity contribution in [1.29, 1.82) is 0 Å². The molecule has 0 saturated heterocycles. The molecule has 4 nitrogen and oxygen atoms in total. The van der Waals surface area contributed by atoms with E-state index in [1.54, 1.807) is 11.9 Å². The van der Waals surface area contributed by atoms with E-state index in [2.05, 4.69) is 0 Å². The lowest BCUT2D eigenvalue weighted by molar-refractivity contribution is -0.138. The highest BCUT2D eigenvalue weighted by molar-refractivity contribution is 5.83. The van der Waals surface area contributed by atoms with Gasteiger partial charge in [0.2, 0.25) is 0 Å². The van der Waals surface area contributed by atoms with Crippen LogP contribution in [-0.2, 0) is 11.2 Å². The molecule has 0 bridgehead atoms. The lowest BCUT2D eigenvalue weighted by atomic mass is 10.1. The summed E-state index contributed by atoms with van der Waals surface area (Å²) in [6.07, 6.45) is 0.158. The molecule has 1 aliphatic rings. The minimum Gasteiger partial charge on any atom is -0.480 e. The molecule has 2 aromatic carbocycles. The second kappa shape index (κ2) is 5.71. The topological polar surface area (TPSA) is 42.7 Å². The van der Waals surface area contributed by atoms with Gasteiger partial charge in [-0.1, -0.05) is 36.4 Å². The molecule has 0 radical (unpaired) electrons. The van der Waals surface area contributed by atoms with Crippen LogP contribution >= 0.6 is 0 Å². The highest BCUT2D eigenvalue weighted by Gasteiger charge is 2.33. The van der Waals surface area contributed by atoms with E-state index in [9.17, 15) is 4.79 Å². The fraction of sp³-hybridized carbons (Fsp3) is 0.250. The van der Waals surface area contributed by atoms with Crippen LogP contribution in [0.15, 0.2) is 59.0 Å². The molecule has 122 valence electrons. The highest BCUT2D eigenvalue weighted by Crippen LogP contribution is 2.31. The number of para-hydroxylation sites is 2. The first kappa shape index (κ1) is 14.8. The number of furan rings is 1. The van der Waals surface area contributed by atoms with Crippen LogP contribution in [0.25, 0.3) is 11.0 Å². The number of fused-ring (bicyclic) bond motifs is 2. The van der Waals surface area contributed by atoms with Gasteiger partial charge < -0.3 is 14.1 Å². The van der Waals surface area contributed by atoms with E-state index in [0.29, 0.717) is 6.42 Å². The van der Waals surface area contributed by atoms with Gasteiger partial charge in [0.25, 0.3) is 5.91 Å². The Morgan fingerprint density at radius 2 is 1.92 bits per heavy atom. The number of hydrogen-bond acceptors (Lipinski definition) is 3. The molecule has 3 aromatic rings. The van der Waals surface area contributed by atoms with Gasteiger partial charge in [0.05, 0.1) is 6.04 Å². The number of carbonyl (C=O) groups excluding carboxylic acids is 1. The smallest absolute Gasteiger partial charge is 0.264 e. The number of hydrogen-bond donors (Lipinski definition) is 0. The number of carbonyl (C=O) groups is 1. The molecular formula is C20H19NO3. The van der Waals surface area contributed by atoms with Gasteiger partial charge in [-0.2, -0.15) is 0 Å². The number of ether oxygens (including phenoxy) is 1. The van der Waals surface area contributed by atoms with Gasteiger partial charge in [0.1, 0.15) is 17.1 Å². The second-order valence-electron chi connectivity index (χ2n) is 6.23. The summed E-state index contributed by atoms with van der Waals surface area (Å²) in [5, 5.41) is 1.05. The molecule has 0 unspecified atom stereocenters. The molecule has 0 fully saturated rings. The molecule has 2 atom stereocenters. The number of amides is 1. The lowest BCUT2D eigenvalue weighted by Crippen LogP contribution is -2.40. The summed E-state index contributed by atoms with van der Waals surface area (Å²) in [6.45, 7) is 1.97. The monoisotopic (exact) mass is 321 g/mol. The molecule has 0 saturated carbocycles. The summed E-state index contributed by atoms with van der Waals surface area (Å²) in [5.41, 5.74) is 1.92. The second-order valence-corrected chi connectivity index (χ2v) is 6.23. The summed E-state index contributed by atoms with van der Waals surface area (Å²) in [4.78, 5) is 14.5. The third-order valence-corrected chi connectivity index (χ3v) is 4.71. The molecule has 1 aliphatic heterocycles. The molecule has 0 aliphatic carbocycles. The van der Waals surface area contributed by atoms with Crippen LogP contribution in [0, 0.1) is 0 Å². The van der Waals surface area contributed by atoms with Crippen molar-refractivity contribution in [3.05, 3.63) is 65.9 Å². The van der Waals surface area contributed by atoms with Crippen molar-refractivity contribution in [2.24, 2.45) is 0 Å². The minimum absolute atomic E-state index is 0.0286. The van der Waals surface area contributed by atoms with Gasteiger partial charge in [-0.3, -0.25) is 4.79 Å². The zero-order valence-corrected chi connectivity index (χ0v) is 13.7. The third-order valence-electron chi connectivity index (χ3n) is 4.71. The summed E-state index contributed by atoms with van der Waals surface area (Å²) in [7, 11) is 1.80. The van der Waals surface area contributed by atoms with Crippen molar-refractivity contribution in [2.45, 2.75) is 25.5 Å². The normalized spacial score (nSPS) is 17.3. The third kappa shape index (κ3) is 2.44. The zero-order valence-electron chi connectivity index (χ0n) is 13.7. The van der Waals surface area contributed by atoms with Crippen LogP contribution in [-0.4, -0.2) is 24.0 Å². The number of likely N-dealkylation sites (N-methyl/N-ethyl adjacent to an activating group) is 1. The Kier molecular flexibility index (Phi) is 3.53. The first-order valence-corrected chi connectivity index (χ1v) is 8.13. The molecule has 0 N–H and O–H groups in total. The van der Waals surface area contributed by atoms with Crippen LogP contribution in [0.4, 0.5) is 0 Å². The quantitative estimate of drug-likeness (QED) is 0.733. The van der Waals surface area contributed by atoms with E-state index in [1.807, 2.05) is 61.5 Å². The first-order chi connectivity index (χ1) is 11.6. The van der Waals surface area contributed by atoms with Gasteiger partial charge in [-0.05, 0) is 30.7 Å². The summed E-state index contributed by atoms with van der Waals surface area (Å²) in [5.74, 6) is 1.56. The predicted molar refractivity (Wildman–Crippen MR) is 92.0 cm³/mol. The summed E-state index contributed by atoms with van der Waals surface area (Å²) < 4.78 is 11.7. The molecule has 1 aromatic heterocycles. The van der Waals surface area contributed by atoms with E-state index < -0.39 is 6.10 Å². The van der Waals surface area contributed by atoms with Crippen LogP contribution in [0.2, 0.25) is 0 Å². The maximum Gasteiger partial charge on any atom is 0.264 e. The molecule has 24 heavy (non-hydrogen) atoms. The van der Waals surface area contributed by atoms with E-state index in [4.69, 9.17) is 9.15 Å². The molecule has 4 heteroatoms. The Bertz CT molecular complexity index is 841. The molecule has 0 spiro atoms. The number of nitrogens with zero attached hydrogens (tertiary/aromatic N) is 1. The van der Waals surface area contributed by atoms with Gasteiger partial charge in [-0.25, -0.2) is 0 Å². The average molecular weight is 321 g/mol. The van der Waals surface area contributed by atoms with E-state index in [-0.39, 0.29) is 11.9 Å². The Morgan fingerprint density at radius 1 is 1.17 bits per heavy atom. The maximum atomic E-state index is 12.8. The van der Waals surface area contributed by atoms with Crippen molar-refractivity contribution < 1.29 is 13.9 Å². The molecular weight excluding hydrogens is 302 g/mol. The van der Waals surface area contributed by atoms with Crippen LogP contribution in [0.1, 0.15) is 24.3 Å². The SMILES string of the molecule is C[C@@H](c1cc2ccccc2o1)N(C)C(=O)[C@H]1Cc2ccccc2O1. The summed E-state index contributed by atoms with van der Waals surface area (Å²) >= 11 is 0. The molecule has 4 rings (SSSR count). The van der Waals surface area contributed by atoms with Crippen molar-refractivity contribution in [3.63, 3.8) is 0 Å². The highest BCUT2D eigenvalue weighted by atomic mass is 16.5. The van der Waals surface area contributed by atoms with Crippen LogP contribution in [0.5, 0.6) is 5.75 Å². The Labute approximate surface area is 140 Å². The Morgan fingerprint density at radius 3 is 2.71 bits per heavy atom. The van der Waals surface area contributed by atoms with Gasteiger partial charge in [-0.15, -0.1) is 0 Å². The van der Waals surface area contributed by atoms with Crippen LogP contribution in [0.3, 0.4) is 0 Å². The zero-order chi connectivity index (χ0) is 16.7. The van der Waals surface area contributed by atoms with Crippen LogP contribution < -0.4 is 4.74 Å². The first-order valence-electron chi connectivity index (χ1n) is 8.13. The largest absolute Gasteiger partial charge is 0.480 e. The Hall–Kier alpha value is -2.75. The van der Waals surface area contributed by atoms with Crippen molar-refractivity contribution in [2.75, 3.05) is 7.05 Å². The fourth-order valence-electron chi connectivity index (χ4n) is 3.14. The lowest BCUT2D eigenvalue weighted by Gasteiger charge is -2.25. The fourth-order valence-corrected chi connectivity index (χ4v) is 3.14. The minimum atomic E-state index is -0.459. The number of rotatable bonds is 3. The van der Waals surface area contributed by atoms with E-state index in [0.717, 1.165) is 28.0 Å².